The van der Waals surface area contributed by atoms with Crippen LogP contribution in [0.4, 0.5) is 0 Å². The molecule has 118 valence electrons. The maximum atomic E-state index is 12.4. The highest BCUT2D eigenvalue weighted by Crippen LogP contribution is 2.26. The fourth-order valence-corrected chi connectivity index (χ4v) is 3.05. The molecule has 1 aromatic rings. The summed E-state index contributed by atoms with van der Waals surface area (Å²) in [5.74, 6) is 0.0549. The van der Waals surface area contributed by atoms with Crippen LogP contribution in [0.2, 0.25) is 0 Å². The van der Waals surface area contributed by atoms with E-state index in [9.17, 15) is 9.90 Å². The van der Waals surface area contributed by atoms with E-state index >= 15 is 0 Å². The number of nitrogens with zero attached hydrogens (tertiary/aromatic N) is 1. The molecule has 1 aliphatic rings. The zero-order valence-corrected chi connectivity index (χ0v) is 13.3. The van der Waals surface area contributed by atoms with Gasteiger partial charge in [0.2, 0.25) is 0 Å². The molecule has 0 saturated heterocycles. The van der Waals surface area contributed by atoms with Crippen LogP contribution in [0.5, 0.6) is 0 Å². The summed E-state index contributed by atoms with van der Waals surface area (Å²) >= 11 is 0. The average Bonchev–Trinajstić information content (AvgIpc) is 2.69. The number of rotatable bonds is 4. The first-order chi connectivity index (χ1) is 9.93. The molecule has 1 aromatic heterocycles. The monoisotopic (exact) mass is 293 g/mol. The van der Waals surface area contributed by atoms with Gasteiger partial charge >= 0.3 is 0 Å². The van der Waals surface area contributed by atoms with Gasteiger partial charge in [0, 0.05) is 12.2 Å². The van der Waals surface area contributed by atoms with E-state index in [4.69, 9.17) is 0 Å². The zero-order valence-electron chi connectivity index (χ0n) is 13.3. The molecule has 21 heavy (non-hydrogen) atoms. The van der Waals surface area contributed by atoms with Crippen LogP contribution in [-0.2, 0) is 0 Å². The number of hydrogen-bond donors (Lipinski definition) is 3. The van der Waals surface area contributed by atoms with Crippen molar-refractivity contribution in [2.75, 3.05) is 6.54 Å². The topological polar surface area (TPSA) is 78.0 Å². The molecule has 3 N–H and O–H groups in total. The molecule has 0 spiro atoms. The van der Waals surface area contributed by atoms with E-state index in [2.05, 4.69) is 15.5 Å². The molecule has 0 aromatic carbocycles. The van der Waals surface area contributed by atoms with Crippen molar-refractivity contribution in [3.05, 3.63) is 17.0 Å². The fraction of sp³-hybridized carbons (Fsp3) is 0.750. The fourth-order valence-electron chi connectivity index (χ4n) is 3.05. The van der Waals surface area contributed by atoms with Crippen molar-refractivity contribution in [1.82, 2.24) is 15.5 Å². The van der Waals surface area contributed by atoms with Crippen LogP contribution in [0.3, 0.4) is 0 Å². The van der Waals surface area contributed by atoms with Crippen molar-refractivity contribution < 1.29 is 9.90 Å². The molecule has 0 unspecified atom stereocenters. The van der Waals surface area contributed by atoms with Crippen LogP contribution in [0, 0.1) is 6.92 Å². The number of aromatic nitrogens is 2. The lowest BCUT2D eigenvalue weighted by atomic mass is 9.94. The Morgan fingerprint density at radius 3 is 2.52 bits per heavy atom. The minimum atomic E-state index is -0.748. The summed E-state index contributed by atoms with van der Waals surface area (Å²) in [6, 6.07) is 0. The second kappa shape index (κ2) is 6.60. The summed E-state index contributed by atoms with van der Waals surface area (Å²) in [7, 11) is 0. The third-order valence-electron chi connectivity index (χ3n) is 4.36. The Hall–Kier alpha value is -1.36. The highest BCUT2D eigenvalue weighted by atomic mass is 16.3. The standard InChI is InChI=1S/C16H27N3O2/c1-11(2)14-13(12(3)18-19-14)15(20)17-10-16(21)8-6-4-5-7-9-16/h11,21H,4-10H2,1-3H3,(H,17,20)(H,18,19). The molecule has 0 aliphatic heterocycles. The summed E-state index contributed by atoms with van der Waals surface area (Å²) in [6.07, 6.45) is 5.97. The molecule has 1 aliphatic carbocycles. The molecular formula is C16H27N3O2. The molecule has 0 bridgehead atoms. The third-order valence-corrected chi connectivity index (χ3v) is 4.36. The lowest BCUT2D eigenvalue weighted by Crippen LogP contribution is -2.42. The second-order valence-corrected chi connectivity index (χ2v) is 6.58. The number of nitrogens with one attached hydrogen (secondary N) is 2. The van der Waals surface area contributed by atoms with Gasteiger partial charge in [-0.15, -0.1) is 0 Å². The summed E-state index contributed by atoms with van der Waals surface area (Å²) < 4.78 is 0. The Labute approximate surface area is 126 Å². The van der Waals surface area contributed by atoms with Crippen molar-refractivity contribution >= 4 is 5.91 Å². The van der Waals surface area contributed by atoms with Crippen LogP contribution in [0.1, 0.15) is 80.0 Å². The van der Waals surface area contributed by atoms with E-state index in [0.29, 0.717) is 12.1 Å². The second-order valence-electron chi connectivity index (χ2n) is 6.58. The maximum absolute atomic E-state index is 12.4. The minimum Gasteiger partial charge on any atom is -0.388 e. The van der Waals surface area contributed by atoms with Gasteiger partial charge in [0.25, 0.3) is 5.91 Å². The number of carbonyl (C=O) groups excluding carboxylic acids is 1. The van der Waals surface area contributed by atoms with E-state index in [1.165, 1.54) is 12.8 Å². The first kappa shape index (κ1) is 16.0. The maximum Gasteiger partial charge on any atom is 0.255 e. The lowest BCUT2D eigenvalue weighted by Gasteiger charge is -2.26. The van der Waals surface area contributed by atoms with E-state index in [1.807, 2.05) is 20.8 Å². The number of amides is 1. The van der Waals surface area contributed by atoms with E-state index in [1.54, 1.807) is 0 Å². The molecule has 0 atom stereocenters. The van der Waals surface area contributed by atoms with Gasteiger partial charge in [0.15, 0.2) is 0 Å². The Morgan fingerprint density at radius 1 is 1.33 bits per heavy atom. The van der Waals surface area contributed by atoms with E-state index in [-0.39, 0.29) is 11.8 Å². The van der Waals surface area contributed by atoms with Gasteiger partial charge in [-0.2, -0.15) is 5.10 Å². The molecule has 5 nitrogen and oxygen atoms in total. The van der Waals surface area contributed by atoms with Crippen LogP contribution in [-0.4, -0.2) is 33.4 Å². The van der Waals surface area contributed by atoms with Gasteiger partial charge in [0.05, 0.1) is 16.9 Å². The van der Waals surface area contributed by atoms with Crippen molar-refractivity contribution in [3.8, 4) is 0 Å². The number of hydrogen-bond acceptors (Lipinski definition) is 3. The Morgan fingerprint density at radius 2 is 1.95 bits per heavy atom. The van der Waals surface area contributed by atoms with Crippen molar-refractivity contribution in [2.24, 2.45) is 0 Å². The van der Waals surface area contributed by atoms with Gasteiger partial charge in [-0.1, -0.05) is 39.5 Å². The number of H-pyrrole nitrogens is 1. The molecule has 5 heteroatoms. The summed E-state index contributed by atoms with van der Waals surface area (Å²) in [6.45, 7) is 6.22. The number of carbonyl (C=O) groups is 1. The van der Waals surface area contributed by atoms with E-state index in [0.717, 1.165) is 37.1 Å². The third kappa shape index (κ3) is 3.84. The Bertz CT molecular complexity index is 486. The molecule has 2 rings (SSSR count). The van der Waals surface area contributed by atoms with Gasteiger partial charge in [0.1, 0.15) is 0 Å². The predicted molar refractivity (Wildman–Crippen MR) is 82.4 cm³/mol. The van der Waals surface area contributed by atoms with Gasteiger partial charge in [-0.05, 0) is 25.7 Å². The number of aliphatic hydroxyl groups is 1. The Balaban J connectivity index is 2.03. The highest BCUT2D eigenvalue weighted by Gasteiger charge is 2.29. The first-order valence-corrected chi connectivity index (χ1v) is 7.98. The van der Waals surface area contributed by atoms with Crippen LogP contribution in [0.15, 0.2) is 0 Å². The minimum absolute atomic E-state index is 0.136. The molecule has 1 saturated carbocycles. The van der Waals surface area contributed by atoms with E-state index < -0.39 is 5.60 Å². The predicted octanol–water partition coefficient (Wildman–Crippen LogP) is 2.66. The van der Waals surface area contributed by atoms with Gasteiger partial charge in [-0.3, -0.25) is 9.89 Å². The first-order valence-electron chi connectivity index (χ1n) is 7.98. The van der Waals surface area contributed by atoms with Crippen molar-refractivity contribution in [2.45, 2.75) is 70.8 Å². The molecule has 1 heterocycles. The molecule has 0 radical (unpaired) electrons. The molecule has 1 amide bonds. The van der Waals surface area contributed by atoms with Crippen LogP contribution < -0.4 is 5.32 Å². The largest absolute Gasteiger partial charge is 0.388 e. The van der Waals surface area contributed by atoms with Crippen LogP contribution >= 0.6 is 0 Å². The van der Waals surface area contributed by atoms with Crippen molar-refractivity contribution in [1.29, 1.82) is 0 Å². The zero-order chi connectivity index (χ0) is 15.5. The quantitative estimate of drug-likeness (QED) is 0.747. The SMILES string of the molecule is Cc1[nH]nc(C(C)C)c1C(=O)NCC1(O)CCCCCC1. The van der Waals surface area contributed by atoms with Crippen molar-refractivity contribution in [3.63, 3.8) is 0 Å². The Kier molecular flexibility index (Phi) is 5.04. The molecule has 1 fully saturated rings. The number of aromatic amines is 1. The molecular weight excluding hydrogens is 266 g/mol. The lowest BCUT2D eigenvalue weighted by molar-refractivity contribution is 0.0246. The van der Waals surface area contributed by atoms with Crippen LogP contribution in [0.25, 0.3) is 0 Å². The summed E-state index contributed by atoms with van der Waals surface area (Å²) in [5, 5.41) is 20.6. The smallest absolute Gasteiger partial charge is 0.255 e. The summed E-state index contributed by atoms with van der Waals surface area (Å²) in [5.41, 5.74) is 1.45. The normalized spacial score (nSPS) is 18.5. The summed E-state index contributed by atoms with van der Waals surface area (Å²) in [4.78, 5) is 12.4. The van der Waals surface area contributed by atoms with Gasteiger partial charge < -0.3 is 10.4 Å². The van der Waals surface area contributed by atoms with Gasteiger partial charge in [-0.25, -0.2) is 0 Å². The highest BCUT2D eigenvalue weighted by molar-refractivity contribution is 5.96. The number of aryl methyl sites for hydroxylation is 1. The average molecular weight is 293 g/mol.